The zero-order valence-electron chi connectivity index (χ0n) is 12.4. The molecule has 1 saturated heterocycles. The Balaban J connectivity index is 1.59. The third-order valence-corrected chi connectivity index (χ3v) is 4.52. The van der Waals surface area contributed by atoms with Gasteiger partial charge < -0.3 is 19.4 Å². The van der Waals surface area contributed by atoms with Gasteiger partial charge in [-0.05, 0) is 36.4 Å². The van der Waals surface area contributed by atoms with Gasteiger partial charge in [0.2, 0.25) is 0 Å². The Morgan fingerprint density at radius 2 is 2.36 bits per heavy atom. The molecule has 0 aliphatic carbocycles. The van der Waals surface area contributed by atoms with Crippen molar-refractivity contribution in [3.8, 4) is 0 Å². The second-order valence-electron chi connectivity index (χ2n) is 5.33. The van der Waals surface area contributed by atoms with Crippen LogP contribution in [0.4, 0.5) is 4.79 Å². The topological polar surface area (TPSA) is 54.7 Å². The number of hydrogen-bond donors (Lipinski definition) is 1. The molecule has 3 rings (SSSR count). The summed E-state index contributed by atoms with van der Waals surface area (Å²) in [7, 11) is 0. The van der Waals surface area contributed by atoms with E-state index < -0.39 is 0 Å². The minimum atomic E-state index is -0.0831. The summed E-state index contributed by atoms with van der Waals surface area (Å²) >= 11 is 1.66. The lowest BCUT2D eigenvalue weighted by Crippen LogP contribution is -2.42. The van der Waals surface area contributed by atoms with Gasteiger partial charge in [0.1, 0.15) is 5.76 Å². The maximum Gasteiger partial charge on any atom is 0.318 e. The molecule has 0 aromatic carbocycles. The zero-order chi connectivity index (χ0) is 15.2. The standard InChI is InChI=1S/C16H20N2O3S/c19-16(17-10-13-4-1-7-20-13)18(11-14-5-2-8-21-14)12-15-6-3-9-22-15/h1,3-4,6-7,9,14H,2,5,8,10-12H2,(H,17,19)/t14-/m0/s1. The summed E-state index contributed by atoms with van der Waals surface area (Å²) in [6.45, 7) is 2.44. The normalized spacial score (nSPS) is 17.5. The predicted octanol–water partition coefficient (Wildman–Crippen LogP) is 3.23. The Kier molecular flexibility index (Phi) is 5.13. The van der Waals surface area contributed by atoms with Crippen molar-refractivity contribution in [2.24, 2.45) is 0 Å². The molecular formula is C16H20N2O3S. The molecule has 1 atom stereocenters. The number of amides is 2. The van der Waals surface area contributed by atoms with E-state index in [0.29, 0.717) is 19.6 Å². The summed E-state index contributed by atoms with van der Waals surface area (Å²) in [5.41, 5.74) is 0. The Bertz CT molecular complexity index is 562. The molecule has 2 aromatic heterocycles. The van der Waals surface area contributed by atoms with Gasteiger partial charge in [-0.1, -0.05) is 6.07 Å². The van der Waals surface area contributed by atoms with Crippen LogP contribution in [-0.2, 0) is 17.8 Å². The number of furan rings is 1. The van der Waals surface area contributed by atoms with Crippen molar-refractivity contribution in [1.29, 1.82) is 0 Å². The highest BCUT2D eigenvalue weighted by atomic mass is 32.1. The van der Waals surface area contributed by atoms with Gasteiger partial charge >= 0.3 is 6.03 Å². The molecule has 0 radical (unpaired) electrons. The number of nitrogens with zero attached hydrogens (tertiary/aromatic N) is 1. The van der Waals surface area contributed by atoms with Crippen LogP contribution in [0.3, 0.4) is 0 Å². The number of rotatable bonds is 6. The molecule has 1 N–H and O–H groups in total. The van der Waals surface area contributed by atoms with Crippen LogP contribution < -0.4 is 5.32 Å². The van der Waals surface area contributed by atoms with E-state index in [1.54, 1.807) is 17.6 Å². The smallest absolute Gasteiger partial charge is 0.318 e. The second-order valence-corrected chi connectivity index (χ2v) is 6.37. The van der Waals surface area contributed by atoms with Crippen molar-refractivity contribution in [3.63, 3.8) is 0 Å². The number of ether oxygens (including phenoxy) is 1. The quantitative estimate of drug-likeness (QED) is 0.889. The van der Waals surface area contributed by atoms with Gasteiger partial charge in [0, 0.05) is 18.0 Å². The number of carbonyl (C=O) groups excluding carboxylic acids is 1. The number of carbonyl (C=O) groups is 1. The molecule has 1 fully saturated rings. The zero-order valence-corrected chi connectivity index (χ0v) is 13.2. The molecule has 5 nitrogen and oxygen atoms in total. The molecule has 2 amide bonds. The highest BCUT2D eigenvalue weighted by Crippen LogP contribution is 2.17. The van der Waals surface area contributed by atoms with Crippen molar-refractivity contribution in [2.75, 3.05) is 13.2 Å². The van der Waals surface area contributed by atoms with Crippen LogP contribution in [-0.4, -0.2) is 30.2 Å². The van der Waals surface area contributed by atoms with Gasteiger partial charge in [-0.3, -0.25) is 0 Å². The van der Waals surface area contributed by atoms with Crippen LogP contribution in [0.5, 0.6) is 0 Å². The van der Waals surface area contributed by atoms with Crippen molar-refractivity contribution in [1.82, 2.24) is 10.2 Å². The Morgan fingerprint density at radius 3 is 3.05 bits per heavy atom. The Morgan fingerprint density at radius 1 is 1.41 bits per heavy atom. The Labute approximate surface area is 133 Å². The van der Waals surface area contributed by atoms with E-state index in [1.165, 1.54) is 4.88 Å². The average molecular weight is 320 g/mol. The fraction of sp³-hybridized carbons (Fsp3) is 0.438. The lowest BCUT2D eigenvalue weighted by Gasteiger charge is -2.25. The molecule has 1 aliphatic rings. The molecule has 3 heterocycles. The maximum absolute atomic E-state index is 12.5. The van der Waals surface area contributed by atoms with Gasteiger partial charge in [-0.15, -0.1) is 11.3 Å². The fourth-order valence-electron chi connectivity index (χ4n) is 2.53. The number of hydrogen-bond acceptors (Lipinski definition) is 4. The van der Waals surface area contributed by atoms with E-state index in [2.05, 4.69) is 5.32 Å². The molecule has 0 unspecified atom stereocenters. The number of nitrogens with one attached hydrogen (secondary N) is 1. The summed E-state index contributed by atoms with van der Waals surface area (Å²) in [6, 6.07) is 7.64. The summed E-state index contributed by atoms with van der Waals surface area (Å²) in [4.78, 5) is 15.5. The maximum atomic E-state index is 12.5. The summed E-state index contributed by atoms with van der Waals surface area (Å²) in [5.74, 6) is 0.751. The van der Waals surface area contributed by atoms with E-state index in [-0.39, 0.29) is 12.1 Å². The van der Waals surface area contributed by atoms with Gasteiger partial charge in [-0.2, -0.15) is 0 Å². The van der Waals surface area contributed by atoms with Crippen molar-refractivity contribution < 1.29 is 13.9 Å². The number of thiophene rings is 1. The minimum absolute atomic E-state index is 0.0831. The Hall–Kier alpha value is -1.79. The molecule has 0 saturated carbocycles. The second kappa shape index (κ2) is 7.47. The number of urea groups is 1. The van der Waals surface area contributed by atoms with Gasteiger partial charge in [0.15, 0.2) is 0 Å². The van der Waals surface area contributed by atoms with Gasteiger partial charge in [0.25, 0.3) is 0 Å². The molecular weight excluding hydrogens is 300 g/mol. The predicted molar refractivity (Wildman–Crippen MR) is 84.6 cm³/mol. The molecule has 6 heteroatoms. The summed E-state index contributed by atoms with van der Waals surface area (Å²) in [5, 5.41) is 4.94. The first-order valence-electron chi connectivity index (χ1n) is 7.50. The monoisotopic (exact) mass is 320 g/mol. The van der Waals surface area contributed by atoms with Crippen molar-refractivity contribution >= 4 is 17.4 Å². The molecule has 0 bridgehead atoms. The molecule has 22 heavy (non-hydrogen) atoms. The first kappa shape index (κ1) is 15.1. The van der Waals surface area contributed by atoms with Crippen LogP contribution in [0.1, 0.15) is 23.5 Å². The minimum Gasteiger partial charge on any atom is -0.467 e. The van der Waals surface area contributed by atoms with Crippen LogP contribution in [0.15, 0.2) is 40.3 Å². The molecule has 118 valence electrons. The van der Waals surface area contributed by atoms with Crippen molar-refractivity contribution in [3.05, 3.63) is 46.5 Å². The van der Waals surface area contributed by atoms with E-state index in [9.17, 15) is 4.79 Å². The van der Waals surface area contributed by atoms with Gasteiger partial charge in [-0.25, -0.2) is 4.79 Å². The lowest BCUT2D eigenvalue weighted by atomic mass is 10.2. The molecule has 1 aliphatic heterocycles. The molecule has 0 spiro atoms. The van der Waals surface area contributed by atoms with E-state index in [4.69, 9.17) is 9.15 Å². The highest BCUT2D eigenvalue weighted by Gasteiger charge is 2.23. The average Bonchev–Trinajstić information content (AvgIpc) is 3.27. The summed E-state index contributed by atoms with van der Waals surface area (Å²) in [6.07, 6.45) is 3.85. The molecule has 2 aromatic rings. The van der Waals surface area contributed by atoms with Crippen LogP contribution in [0, 0.1) is 0 Å². The van der Waals surface area contributed by atoms with Crippen LogP contribution in [0.25, 0.3) is 0 Å². The van der Waals surface area contributed by atoms with Crippen LogP contribution in [0.2, 0.25) is 0 Å². The first-order valence-corrected chi connectivity index (χ1v) is 8.38. The highest BCUT2D eigenvalue weighted by molar-refractivity contribution is 7.09. The van der Waals surface area contributed by atoms with E-state index >= 15 is 0 Å². The first-order chi connectivity index (χ1) is 10.8. The largest absolute Gasteiger partial charge is 0.467 e. The third-order valence-electron chi connectivity index (χ3n) is 3.66. The third kappa shape index (κ3) is 4.11. The van der Waals surface area contributed by atoms with Crippen molar-refractivity contribution in [2.45, 2.75) is 32.0 Å². The van der Waals surface area contributed by atoms with Gasteiger partial charge in [0.05, 0.1) is 25.5 Å². The van der Waals surface area contributed by atoms with E-state index in [1.807, 2.05) is 34.5 Å². The summed E-state index contributed by atoms with van der Waals surface area (Å²) < 4.78 is 10.9. The SMILES string of the molecule is O=C(NCc1ccco1)N(Cc1cccs1)C[C@@H]1CCCO1. The van der Waals surface area contributed by atoms with Crippen LogP contribution >= 0.6 is 11.3 Å². The van der Waals surface area contributed by atoms with E-state index in [0.717, 1.165) is 25.2 Å². The lowest BCUT2D eigenvalue weighted by molar-refractivity contribution is 0.0795. The fourth-order valence-corrected chi connectivity index (χ4v) is 3.25.